The Morgan fingerprint density at radius 3 is 2.86 bits per heavy atom. The summed E-state index contributed by atoms with van der Waals surface area (Å²) < 4.78 is 6.89. The van der Waals surface area contributed by atoms with Crippen LogP contribution in [0.25, 0.3) is 11.1 Å². The minimum Gasteiger partial charge on any atom is -0.439 e. The average Bonchev–Trinajstić information content (AvgIpc) is 2.82. The van der Waals surface area contributed by atoms with E-state index in [4.69, 9.17) is 10.2 Å². The molecule has 0 amide bonds. The van der Waals surface area contributed by atoms with Crippen LogP contribution in [0.5, 0.6) is 0 Å². The van der Waals surface area contributed by atoms with Gasteiger partial charge in [-0.15, -0.1) is 0 Å². The molecule has 0 unspecified atom stereocenters. The lowest BCUT2D eigenvalue weighted by Crippen LogP contribution is -2.24. The molecule has 2 N–H and O–H groups in total. The number of nitrogens with zero attached hydrogens (tertiary/aromatic N) is 4. The molecule has 0 atom stereocenters. The number of nitrogen functional groups attached to an aromatic ring is 1. The third-order valence-electron chi connectivity index (χ3n) is 3.11. The first-order chi connectivity index (χ1) is 10.0. The number of hydrogen-bond donors (Lipinski definition) is 1. The van der Waals surface area contributed by atoms with Gasteiger partial charge in [0, 0.05) is 25.8 Å². The summed E-state index contributed by atoms with van der Waals surface area (Å²) >= 11 is 0. The molecule has 3 rings (SSSR count). The van der Waals surface area contributed by atoms with E-state index in [1.54, 1.807) is 24.4 Å². The van der Waals surface area contributed by atoms with Crippen molar-refractivity contribution in [2.45, 2.75) is 6.54 Å². The number of oxazole rings is 1. The highest BCUT2D eigenvalue weighted by Crippen LogP contribution is 2.18. The molecule has 0 fully saturated rings. The van der Waals surface area contributed by atoms with Crippen molar-refractivity contribution in [1.82, 2.24) is 14.8 Å². The summed E-state index contributed by atoms with van der Waals surface area (Å²) in [6.45, 7) is 0.182. The van der Waals surface area contributed by atoms with Gasteiger partial charge in [-0.05, 0) is 18.2 Å². The van der Waals surface area contributed by atoms with Gasteiger partial charge in [0.2, 0.25) is 5.89 Å². The van der Waals surface area contributed by atoms with E-state index in [2.05, 4.69) is 10.1 Å². The minimum absolute atomic E-state index is 0.182. The molecule has 0 radical (unpaired) electrons. The monoisotopic (exact) mass is 285 g/mol. The third-order valence-corrected chi connectivity index (χ3v) is 3.11. The Morgan fingerprint density at radius 1 is 1.33 bits per heavy atom. The summed E-state index contributed by atoms with van der Waals surface area (Å²) in [6, 6.07) is 6.75. The Hall–Kier alpha value is -2.83. The van der Waals surface area contributed by atoms with Crippen LogP contribution in [0.1, 0.15) is 5.89 Å². The standard InChI is InChI=1S/C14H15N5O2/c1-18(2)10-6-14(20)19(16-7-10)8-13-17-11-5-9(15)3-4-12(11)21-13/h3-7H,8,15H2,1-2H3. The fourth-order valence-corrected chi connectivity index (χ4v) is 1.98. The number of hydrogen-bond acceptors (Lipinski definition) is 6. The van der Waals surface area contributed by atoms with Crippen LogP contribution in [0.3, 0.4) is 0 Å². The number of rotatable bonds is 3. The van der Waals surface area contributed by atoms with E-state index in [0.29, 0.717) is 22.7 Å². The van der Waals surface area contributed by atoms with Gasteiger partial charge in [0.15, 0.2) is 5.58 Å². The van der Waals surface area contributed by atoms with Gasteiger partial charge in [-0.2, -0.15) is 5.10 Å². The van der Waals surface area contributed by atoms with Gasteiger partial charge < -0.3 is 15.1 Å². The SMILES string of the molecule is CN(C)c1cnn(Cc2nc3cc(N)ccc3o2)c(=O)c1. The normalized spacial score (nSPS) is 11.0. The van der Waals surface area contributed by atoms with Gasteiger partial charge in [-0.3, -0.25) is 4.79 Å². The van der Waals surface area contributed by atoms with Gasteiger partial charge in [0.1, 0.15) is 12.1 Å². The van der Waals surface area contributed by atoms with E-state index in [1.807, 2.05) is 19.0 Å². The summed E-state index contributed by atoms with van der Waals surface area (Å²) in [4.78, 5) is 18.1. The van der Waals surface area contributed by atoms with E-state index in [0.717, 1.165) is 5.69 Å². The molecule has 0 aliphatic carbocycles. The molecule has 1 aromatic carbocycles. The van der Waals surface area contributed by atoms with Crippen LogP contribution in [0.4, 0.5) is 11.4 Å². The van der Waals surface area contributed by atoms with Crippen molar-refractivity contribution in [3.8, 4) is 0 Å². The molecule has 3 aromatic rings. The molecule has 7 nitrogen and oxygen atoms in total. The molecule has 2 heterocycles. The molecule has 0 aliphatic heterocycles. The maximum Gasteiger partial charge on any atom is 0.269 e. The molecular weight excluding hydrogens is 270 g/mol. The number of anilines is 2. The maximum absolute atomic E-state index is 12.0. The predicted molar refractivity (Wildman–Crippen MR) is 80.3 cm³/mol. The highest BCUT2D eigenvalue weighted by Gasteiger charge is 2.09. The Kier molecular flexibility index (Phi) is 3.09. The molecule has 108 valence electrons. The van der Waals surface area contributed by atoms with Gasteiger partial charge >= 0.3 is 0 Å². The minimum atomic E-state index is -0.206. The van der Waals surface area contributed by atoms with E-state index in [-0.39, 0.29) is 12.1 Å². The average molecular weight is 285 g/mol. The number of fused-ring (bicyclic) bond motifs is 1. The van der Waals surface area contributed by atoms with Gasteiger partial charge in [0.25, 0.3) is 5.56 Å². The Morgan fingerprint density at radius 2 is 2.14 bits per heavy atom. The summed E-state index contributed by atoms with van der Waals surface area (Å²) in [6.07, 6.45) is 1.63. The summed E-state index contributed by atoms with van der Waals surface area (Å²) in [5, 5.41) is 4.12. The number of nitrogens with two attached hydrogens (primary N) is 1. The van der Waals surface area contributed by atoms with Gasteiger partial charge in [0.05, 0.1) is 11.9 Å². The molecular formula is C14H15N5O2. The molecule has 0 saturated heterocycles. The fraction of sp³-hybridized carbons (Fsp3) is 0.214. The van der Waals surface area contributed by atoms with Gasteiger partial charge in [-0.1, -0.05) is 0 Å². The lowest BCUT2D eigenvalue weighted by Gasteiger charge is -2.11. The number of benzene rings is 1. The van der Waals surface area contributed by atoms with E-state index < -0.39 is 0 Å². The van der Waals surface area contributed by atoms with Crippen LogP contribution in [0.2, 0.25) is 0 Å². The quantitative estimate of drug-likeness (QED) is 0.724. The molecule has 2 aromatic heterocycles. The summed E-state index contributed by atoms with van der Waals surface area (Å²) in [5.74, 6) is 0.419. The van der Waals surface area contributed by atoms with Crippen molar-refractivity contribution in [3.63, 3.8) is 0 Å². The second kappa shape index (κ2) is 4.93. The third kappa shape index (κ3) is 2.58. The van der Waals surface area contributed by atoms with E-state index in [9.17, 15) is 4.79 Å². The van der Waals surface area contributed by atoms with Crippen molar-refractivity contribution in [3.05, 3.63) is 46.7 Å². The first kappa shape index (κ1) is 13.2. The molecule has 0 aliphatic rings. The van der Waals surface area contributed by atoms with Crippen LogP contribution in [-0.2, 0) is 6.54 Å². The summed E-state index contributed by atoms with van der Waals surface area (Å²) in [5.41, 5.74) is 8.17. The van der Waals surface area contributed by atoms with Crippen LogP contribution < -0.4 is 16.2 Å². The van der Waals surface area contributed by atoms with Crippen LogP contribution in [0, 0.1) is 0 Å². The topological polar surface area (TPSA) is 90.2 Å². The Bertz CT molecular complexity index is 850. The Labute approximate surface area is 120 Å². The van der Waals surface area contributed by atoms with E-state index >= 15 is 0 Å². The molecule has 7 heteroatoms. The first-order valence-electron chi connectivity index (χ1n) is 6.42. The highest BCUT2D eigenvalue weighted by molar-refractivity contribution is 5.76. The second-order valence-electron chi connectivity index (χ2n) is 4.94. The first-order valence-corrected chi connectivity index (χ1v) is 6.42. The lowest BCUT2D eigenvalue weighted by molar-refractivity contribution is 0.481. The molecule has 0 bridgehead atoms. The van der Waals surface area contributed by atoms with Crippen molar-refractivity contribution < 1.29 is 4.42 Å². The zero-order chi connectivity index (χ0) is 15.0. The van der Waals surface area contributed by atoms with Crippen LogP contribution in [0.15, 0.2) is 39.7 Å². The smallest absolute Gasteiger partial charge is 0.269 e. The predicted octanol–water partition coefficient (Wildman–Crippen LogP) is 1.08. The second-order valence-corrected chi connectivity index (χ2v) is 4.94. The van der Waals surface area contributed by atoms with E-state index in [1.165, 1.54) is 10.7 Å². The van der Waals surface area contributed by atoms with Crippen LogP contribution in [-0.4, -0.2) is 28.9 Å². The fourth-order valence-electron chi connectivity index (χ4n) is 1.98. The van der Waals surface area contributed by atoms with Crippen molar-refractivity contribution in [2.24, 2.45) is 0 Å². The zero-order valence-corrected chi connectivity index (χ0v) is 11.8. The van der Waals surface area contributed by atoms with Gasteiger partial charge in [-0.25, -0.2) is 9.67 Å². The number of aromatic nitrogens is 3. The van der Waals surface area contributed by atoms with Crippen molar-refractivity contribution in [1.29, 1.82) is 0 Å². The summed E-state index contributed by atoms with van der Waals surface area (Å²) in [7, 11) is 3.71. The lowest BCUT2D eigenvalue weighted by atomic mass is 10.3. The van der Waals surface area contributed by atoms with Crippen molar-refractivity contribution in [2.75, 3.05) is 24.7 Å². The largest absolute Gasteiger partial charge is 0.439 e. The molecule has 21 heavy (non-hydrogen) atoms. The molecule has 0 spiro atoms. The highest BCUT2D eigenvalue weighted by atomic mass is 16.3. The Balaban J connectivity index is 1.93. The van der Waals surface area contributed by atoms with Crippen LogP contribution >= 0.6 is 0 Å². The maximum atomic E-state index is 12.0. The zero-order valence-electron chi connectivity index (χ0n) is 11.8. The van der Waals surface area contributed by atoms with Crippen molar-refractivity contribution >= 4 is 22.5 Å². The molecule has 0 saturated carbocycles.